The van der Waals surface area contributed by atoms with Gasteiger partial charge in [0.05, 0.1) is 12.1 Å². The molecule has 96 valence electrons. The van der Waals surface area contributed by atoms with Crippen molar-refractivity contribution in [3.8, 4) is 0 Å². The zero-order chi connectivity index (χ0) is 12.7. The lowest BCUT2D eigenvalue weighted by Crippen LogP contribution is -2.31. The molecule has 0 aromatic heterocycles. The molecule has 1 aromatic carbocycles. The molecule has 0 bridgehead atoms. The minimum Gasteiger partial charge on any atom is -0.375 e. The average molecular weight is 239 g/mol. The molecule has 0 saturated carbocycles. The number of halogens is 1. The maximum atomic E-state index is 12.6. The highest BCUT2D eigenvalue weighted by atomic mass is 19.1. The molecule has 2 atom stereocenters. The number of unbranched alkanes of at least 4 members (excludes halogenated alkanes) is 1. The molecule has 2 N–H and O–H groups in total. The van der Waals surface area contributed by atoms with E-state index in [1.54, 1.807) is 7.11 Å². The van der Waals surface area contributed by atoms with Crippen LogP contribution in [0.3, 0.4) is 0 Å². The van der Waals surface area contributed by atoms with Crippen molar-refractivity contribution >= 4 is 0 Å². The predicted octanol–water partition coefficient (Wildman–Crippen LogP) is 3.01. The second-order valence-electron chi connectivity index (χ2n) is 4.32. The largest absolute Gasteiger partial charge is 0.375 e. The maximum Gasteiger partial charge on any atom is 0.107 e. The lowest BCUT2D eigenvalue weighted by Gasteiger charge is -2.20. The fourth-order valence-corrected chi connectivity index (χ4v) is 1.89. The molecule has 0 fully saturated rings. The molecule has 3 heteroatoms. The Labute approximate surface area is 103 Å². The van der Waals surface area contributed by atoms with E-state index in [0.717, 1.165) is 12.0 Å². The first-order valence-electron chi connectivity index (χ1n) is 6.16. The van der Waals surface area contributed by atoms with Gasteiger partial charge in [-0.1, -0.05) is 37.6 Å². The Hall–Kier alpha value is -0.930. The monoisotopic (exact) mass is 239 g/mol. The Morgan fingerprint density at radius 3 is 2.41 bits per heavy atom. The highest BCUT2D eigenvalue weighted by Gasteiger charge is 2.18. The molecule has 0 radical (unpaired) electrons. The summed E-state index contributed by atoms with van der Waals surface area (Å²) in [5, 5.41) is 0. The number of aryl methyl sites for hydroxylation is 1. The van der Waals surface area contributed by atoms with Crippen LogP contribution < -0.4 is 5.73 Å². The quantitative estimate of drug-likeness (QED) is 0.793. The molecule has 0 aliphatic heterocycles. The third kappa shape index (κ3) is 4.10. The Kier molecular flexibility index (Phi) is 6.16. The molecular weight excluding hydrogens is 217 g/mol. The summed E-state index contributed by atoms with van der Waals surface area (Å²) < 4.78 is 17.8. The average Bonchev–Trinajstić information content (AvgIpc) is 2.38. The summed E-state index contributed by atoms with van der Waals surface area (Å²) in [6.07, 6.45) is 3.11. The normalized spacial score (nSPS) is 14.6. The van der Waals surface area contributed by atoms with Gasteiger partial charge >= 0.3 is 0 Å². The van der Waals surface area contributed by atoms with Crippen molar-refractivity contribution in [3.63, 3.8) is 0 Å². The maximum absolute atomic E-state index is 12.6. The van der Waals surface area contributed by atoms with Crippen LogP contribution in [0, 0.1) is 0 Å². The lowest BCUT2D eigenvalue weighted by molar-refractivity contribution is 0.0720. The van der Waals surface area contributed by atoms with E-state index >= 15 is 0 Å². The smallest absolute Gasteiger partial charge is 0.107 e. The fraction of sp³-hybridized carbons (Fsp3) is 0.571. The molecular formula is C14H22FNO. The van der Waals surface area contributed by atoms with Gasteiger partial charge in [0.2, 0.25) is 0 Å². The zero-order valence-electron chi connectivity index (χ0n) is 10.7. The van der Waals surface area contributed by atoms with Gasteiger partial charge in [-0.25, -0.2) is 4.39 Å². The number of hydrogen-bond acceptors (Lipinski definition) is 2. The summed E-state index contributed by atoms with van der Waals surface area (Å²) in [5.41, 5.74) is 7.93. The van der Waals surface area contributed by atoms with Crippen molar-refractivity contribution in [3.05, 3.63) is 35.4 Å². The molecule has 2 nitrogen and oxygen atoms in total. The second kappa shape index (κ2) is 7.41. The van der Waals surface area contributed by atoms with E-state index in [2.05, 4.69) is 19.1 Å². The first kappa shape index (κ1) is 14.1. The first-order chi connectivity index (χ1) is 8.22. The molecule has 1 unspecified atom stereocenters. The van der Waals surface area contributed by atoms with Crippen molar-refractivity contribution < 1.29 is 9.13 Å². The van der Waals surface area contributed by atoms with Crippen molar-refractivity contribution in [1.29, 1.82) is 0 Å². The van der Waals surface area contributed by atoms with E-state index in [-0.39, 0.29) is 6.10 Å². The van der Waals surface area contributed by atoms with E-state index in [9.17, 15) is 4.39 Å². The predicted molar refractivity (Wildman–Crippen MR) is 68.8 cm³/mol. The van der Waals surface area contributed by atoms with Crippen LogP contribution in [0.25, 0.3) is 0 Å². The molecule has 0 amide bonds. The summed E-state index contributed by atoms with van der Waals surface area (Å²) in [6, 6.07) is 7.51. The van der Waals surface area contributed by atoms with E-state index < -0.39 is 12.7 Å². The zero-order valence-corrected chi connectivity index (χ0v) is 10.7. The topological polar surface area (TPSA) is 35.2 Å². The Bertz CT molecular complexity index is 313. The van der Waals surface area contributed by atoms with E-state index in [1.807, 2.05) is 12.1 Å². The molecule has 1 rings (SSSR count). The van der Waals surface area contributed by atoms with Crippen LogP contribution in [0.5, 0.6) is 0 Å². The number of ether oxygens (including phenoxy) is 1. The van der Waals surface area contributed by atoms with Crippen LogP contribution >= 0.6 is 0 Å². The molecule has 0 heterocycles. The van der Waals surface area contributed by atoms with Gasteiger partial charge in [0, 0.05) is 7.11 Å². The van der Waals surface area contributed by atoms with Gasteiger partial charge in [0.1, 0.15) is 6.67 Å². The van der Waals surface area contributed by atoms with Gasteiger partial charge < -0.3 is 10.5 Å². The summed E-state index contributed by atoms with van der Waals surface area (Å²) in [4.78, 5) is 0. The van der Waals surface area contributed by atoms with E-state index in [0.29, 0.717) is 0 Å². The highest BCUT2D eigenvalue weighted by Crippen LogP contribution is 2.21. The van der Waals surface area contributed by atoms with Crippen molar-refractivity contribution in [2.24, 2.45) is 5.73 Å². The third-order valence-electron chi connectivity index (χ3n) is 2.95. The Morgan fingerprint density at radius 2 is 1.94 bits per heavy atom. The number of hydrogen-bond donors (Lipinski definition) is 1. The fourth-order valence-electron chi connectivity index (χ4n) is 1.89. The van der Waals surface area contributed by atoms with Crippen LogP contribution in [0.15, 0.2) is 24.3 Å². The number of nitrogens with two attached hydrogens (primary N) is 1. The number of alkyl halides is 1. The summed E-state index contributed by atoms with van der Waals surface area (Å²) in [7, 11) is 1.56. The van der Waals surface area contributed by atoms with Crippen LogP contribution in [0.1, 0.15) is 37.0 Å². The SMILES string of the molecule is CCCCc1ccc(C(OC)[C@H](N)CF)cc1. The molecule has 0 saturated heterocycles. The van der Waals surface area contributed by atoms with E-state index in [1.165, 1.54) is 18.4 Å². The molecule has 17 heavy (non-hydrogen) atoms. The van der Waals surface area contributed by atoms with Gasteiger partial charge in [-0.2, -0.15) is 0 Å². The van der Waals surface area contributed by atoms with Crippen molar-refractivity contribution in [2.45, 2.75) is 38.3 Å². The van der Waals surface area contributed by atoms with Crippen LogP contribution in [0.4, 0.5) is 4.39 Å². The number of benzene rings is 1. The molecule has 0 aliphatic rings. The number of methoxy groups -OCH3 is 1. The van der Waals surface area contributed by atoms with Gasteiger partial charge in [0.15, 0.2) is 0 Å². The summed E-state index contributed by atoms with van der Waals surface area (Å²) in [6.45, 7) is 1.60. The first-order valence-corrected chi connectivity index (χ1v) is 6.16. The standard InChI is InChI=1S/C14H22FNO/c1-3-4-5-11-6-8-12(9-7-11)14(17-2)13(16)10-15/h6-9,13-14H,3-5,10,16H2,1-2H3/t13-,14?/m1/s1. The lowest BCUT2D eigenvalue weighted by atomic mass is 10.0. The minimum atomic E-state index is -0.596. The van der Waals surface area contributed by atoms with Crippen LogP contribution in [0.2, 0.25) is 0 Å². The second-order valence-corrected chi connectivity index (χ2v) is 4.32. The van der Waals surface area contributed by atoms with Gasteiger partial charge in [-0.3, -0.25) is 0 Å². The summed E-state index contributed by atoms with van der Waals surface area (Å²) in [5.74, 6) is 0. The van der Waals surface area contributed by atoms with Gasteiger partial charge in [0.25, 0.3) is 0 Å². The molecule has 0 aliphatic carbocycles. The van der Waals surface area contributed by atoms with Crippen LogP contribution in [-0.4, -0.2) is 19.8 Å². The van der Waals surface area contributed by atoms with Gasteiger partial charge in [-0.05, 0) is 24.0 Å². The van der Waals surface area contributed by atoms with Crippen molar-refractivity contribution in [2.75, 3.05) is 13.8 Å². The third-order valence-corrected chi connectivity index (χ3v) is 2.95. The van der Waals surface area contributed by atoms with E-state index in [4.69, 9.17) is 10.5 Å². The van der Waals surface area contributed by atoms with Gasteiger partial charge in [-0.15, -0.1) is 0 Å². The highest BCUT2D eigenvalue weighted by molar-refractivity contribution is 5.25. The minimum absolute atomic E-state index is 0.361. The Morgan fingerprint density at radius 1 is 1.29 bits per heavy atom. The van der Waals surface area contributed by atoms with Crippen LogP contribution in [-0.2, 0) is 11.2 Å². The molecule has 1 aromatic rings. The number of rotatable bonds is 7. The molecule has 0 spiro atoms. The summed E-state index contributed by atoms with van der Waals surface area (Å²) >= 11 is 0. The van der Waals surface area contributed by atoms with Crippen molar-refractivity contribution in [1.82, 2.24) is 0 Å². The Balaban J connectivity index is 2.71.